The van der Waals surface area contributed by atoms with E-state index in [-0.39, 0.29) is 6.17 Å². The zero-order valence-corrected chi connectivity index (χ0v) is 8.88. The highest BCUT2D eigenvalue weighted by atomic mass is 16.3. The maximum Gasteiger partial charge on any atom is 0.107 e. The van der Waals surface area contributed by atoms with E-state index in [2.05, 4.69) is 10.6 Å². The normalized spacial score (nSPS) is 18.2. The average Bonchev–Trinajstić information content (AvgIpc) is 2.10. The van der Waals surface area contributed by atoms with Gasteiger partial charge in [0.25, 0.3) is 0 Å². The van der Waals surface area contributed by atoms with Crippen LogP contribution in [-0.4, -0.2) is 31.1 Å². The van der Waals surface area contributed by atoms with E-state index in [1.54, 1.807) is 7.05 Å². The van der Waals surface area contributed by atoms with Gasteiger partial charge in [-0.15, -0.1) is 0 Å². The first-order valence-corrected chi connectivity index (χ1v) is 4.92. The van der Waals surface area contributed by atoms with Gasteiger partial charge >= 0.3 is 0 Å². The van der Waals surface area contributed by atoms with Crippen LogP contribution >= 0.6 is 0 Å². The quantitative estimate of drug-likeness (QED) is 0.332. The maximum absolute atomic E-state index is 9.38. The van der Waals surface area contributed by atoms with Gasteiger partial charge in [-0.25, -0.2) is 0 Å². The Hall–Kier alpha value is -0.160. The predicted octanol–water partition coefficient (Wildman–Crippen LogP) is -0.165. The average molecular weight is 189 g/mol. The zero-order valence-electron chi connectivity index (χ0n) is 8.88. The van der Waals surface area contributed by atoms with Gasteiger partial charge in [-0.2, -0.15) is 0 Å². The Balaban J connectivity index is 3.31. The van der Waals surface area contributed by atoms with Crippen LogP contribution in [0.15, 0.2) is 0 Å². The van der Waals surface area contributed by atoms with E-state index in [9.17, 15) is 5.11 Å². The number of hydrogen-bond donors (Lipinski definition) is 4. The molecule has 0 bridgehead atoms. The number of nitrogens with one attached hydrogen (secondary N) is 2. The third-order valence-electron chi connectivity index (χ3n) is 2.14. The lowest BCUT2D eigenvalue weighted by Crippen LogP contribution is -2.36. The molecule has 0 heterocycles. The highest BCUT2D eigenvalue weighted by Crippen LogP contribution is 2.07. The molecular formula is C9H23N3O. The molecular weight excluding hydrogens is 166 g/mol. The van der Waals surface area contributed by atoms with E-state index >= 15 is 0 Å². The van der Waals surface area contributed by atoms with Crippen LogP contribution in [0, 0.1) is 5.92 Å². The van der Waals surface area contributed by atoms with Crippen LogP contribution in [0.2, 0.25) is 0 Å². The van der Waals surface area contributed by atoms with E-state index in [4.69, 9.17) is 5.73 Å². The van der Waals surface area contributed by atoms with E-state index in [1.165, 1.54) is 0 Å². The van der Waals surface area contributed by atoms with Gasteiger partial charge < -0.3 is 16.2 Å². The molecule has 0 radical (unpaired) electrons. The van der Waals surface area contributed by atoms with Crippen molar-refractivity contribution in [1.82, 2.24) is 10.6 Å². The number of aliphatic hydroxyl groups excluding tert-OH is 1. The molecule has 4 nitrogen and oxygen atoms in total. The standard InChI is InChI=1S/C9H23N3O/c1-7(9(13)11-3)5-4-6-12-8(2)10/h7-9,11-13H,4-6,10H2,1-3H3. The van der Waals surface area contributed by atoms with Gasteiger partial charge in [0.15, 0.2) is 0 Å². The zero-order chi connectivity index (χ0) is 10.3. The number of hydrogen-bond acceptors (Lipinski definition) is 4. The highest BCUT2D eigenvalue weighted by Gasteiger charge is 2.10. The molecule has 0 rings (SSSR count). The molecule has 0 aliphatic heterocycles. The van der Waals surface area contributed by atoms with Gasteiger partial charge in [-0.1, -0.05) is 6.92 Å². The fraction of sp³-hybridized carbons (Fsp3) is 1.00. The Morgan fingerprint density at radius 1 is 1.38 bits per heavy atom. The molecule has 4 heteroatoms. The first-order chi connectivity index (χ1) is 6.07. The summed E-state index contributed by atoms with van der Waals surface area (Å²) in [5.41, 5.74) is 5.52. The summed E-state index contributed by atoms with van der Waals surface area (Å²) in [5.74, 6) is 0.292. The molecule has 0 saturated heterocycles. The Morgan fingerprint density at radius 2 is 2.00 bits per heavy atom. The molecule has 0 aromatic rings. The summed E-state index contributed by atoms with van der Waals surface area (Å²) < 4.78 is 0. The molecule has 0 fully saturated rings. The molecule has 0 amide bonds. The Kier molecular flexibility index (Phi) is 7.17. The van der Waals surface area contributed by atoms with Crippen LogP contribution in [0.4, 0.5) is 0 Å². The molecule has 0 aromatic heterocycles. The summed E-state index contributed by atoms with van der Waals surface area (Å²) in [7, 11) is 1.77. The number of aliphatic hydroxyl groups is 1. The van der Waals surface area contributed by atoms with E-state index in [0.29, 0.717) is 5.92 Å². The fourth-order valence-electron chi connectivity index (χ4n) is 1.20. The van der Waals surface area contributed by atoms with Crippen molar-refractivity contribution in [2.75, 3.05) is 13.6 Å². The van der Waals surface area contributed by atoms with Crippen molar-refractivity contribution in [1.29, 1.82) is 0 Å². The molecule has 13 heavy (non-hydrogen) atoms. The minimum Gasteiger partial charge on any atom is -0.378 e. The molecule has 0 aliphatic carbocycles. The van der Waals surface area contributed by atoms with Gasteiger partial charge in [0.2, 0.25) is 0 Å². The summed E-state index contributed by atoms with van der Waals surface area (Å²) in [6.07, 6.45) is 1.71. The highest BCUT2D eigenvalue weighted by molar-refractivity contribution is 4.61. The van der Waals surface area contributed by atoms with E-state index in [0.717, 1.165) is 19.4 Å². The Morgan fingerprint density at radius 3 is 2.46 bits per heavy atom. The fourth-order valence-corrected chi connectivity index (χ4v) is 1.20. The summed E-state index contributed by atoms with van der Waals surface area (Å²) in [6, 6.07) is 0. The number of rotatable bonds is 7. The first-order valence-electron chi connectivity index (χ1n) is 4.92. The topological polar surface area (TPSA) is 70.3 Å². The molecule has 0 aliphatic rings. The van der Waals surface area contributed by atoms with Crippen LogP contribution in [0.5, 0.6) is 0 Å². The second-order valence-corrected chi connectivity index (χ2v) is 3.60. The molecule has 5 N–H and O–H groups in total. The molecule has 80 valence electrons. The van der Waals surface area contributed by atoms with Crippen molar-refractivity contribution < 1.29 is 5.11 Å². The summed E-state index contributed by atoms with van der Waals surface area (Å²) >= 11 is 0. The largest absolute Gasteiger partial charge is 0.378 e. The minimum absolute atomic E-state index is 0.0597. The van der Waals surface area contributed by atoms with E-state index < -0.39 is 6.23 Å². The Bertz CT molecular complexity index is 119. The second kappa shape index (κ2) is 7.26. The van der Waals surface area contributed by atoms with Crippen molar-refractivity contribution in [3.63, 3.8) is 0 Å². The van der Waals surface area contributed by atoms with Crippen molar-refractivity contribution >= 4 is 0 Å². The SMILES string of the molecule is CNC(O)C(C)CCCNC(C)N. The third-order valence-corrected chi connectivity index (χ3v) is 2.14. The van der Waals surface area contributed by atoms with Crippen LogP contribution in [-0.2, 0) is 0 Å². The summed E-state index contributed by atoms with van der Waals surface area (Å²) in [5, 5.41) is 15.3. The molecule has 0 spiro atoms. The summed E-state index contributed by atoms with van der Waals surface area (Å²) in [6.45, 7) is 4.87. The lowest BCUT2D eigenvalue weighted by atomic mass is 10.0. The molecule has 3 unspecified atom stereocenters. The van der Waals surface area contributed by atoms with Crippen LogP contribution in [0.1, 0.15) is 26.7 Å². The summed E-state index contributed by atoms with van der Waals surface area (Å²) in [4.78, 5) is 0. The van der Waals surface area contributed by atoms with Gasteiger partial charge in [0, 0.05) is 0 Å². The Labute approximate surface area is 80.9 Å². The minimum atomic E-state index is -0.393. The lowest BCUT2D eigenvalue weighted by molar-refractivity contribution is 0.0854. The molecule has 3 atom stereocenters. The van der Waals surface area contributed by atoms with Crippen molar-refractivity contribution in [2.45, 2.75) is 39.1 Å². The third kappa shape index (κ3) is 6.95. The van der Waals surface area contributed by atoms with Crippen LogP contribution in [0.25, 0.3) is 0 Å². The molecule has 0 saturated carbocycles. The van der Waals surface area contributed by atoms with Crippen LogP contribution < -0.4 is 16.4 Å². The van der Waals surface area contributed by atoms with E-state index in [1.807, 2.05) is 13.8 Å². The van der Waals surface area contributed by atoms with Gasteiger partial charge in [-0.3, -0.25) is 5.32 Å². The first kappa shape index (κ1) is 12.8. The number of nitrogens with two attached hydrogens (primary N) is 1. The predicted molar refractivity (Wildman–Crippen MR) is 55.1 cm³/mol. The van der Waals surface area contributed by atoms with Crippen molar-refractivity contribution in [2.24, 2.45) is 11.7 Å². The molecule has 0 aromatic carbocycles. The van der Waals surface area contributed by atoms with Crippen molar-refractivity contribution in [3.05, 3.63) is 0 Å². The van der Waals surface area contributed by atoms with Gasteiger partial charge in [0.05, 0.1) is 6.17 Å². The van der Waals surface area contributed by atoms with Gasteiger partial charge in [0.1, 0.15) is 6.23 Å². The second-order valence-electron chi connectivity index (χ2n) is 3.60. The van der Waals surface area contributed by atoms with Crippen LogP contribution in [0.3, 0.4) is 0 Å². The lowest BCUT2D eigenvalue weighted by Gasteiger charge is -2.18. The maximum atomic E-state index is 9.38. The van der Waals surface area contributed by atoms with Gasteiger partial charge in [-0.05, 0) is 39.3 Å². The smallest absolute Gasteiger partial charge is 0.107 e. The van der Waals surface area contributed by atoms with Crippen molar-refractivity contribution in [3.8, 4) is 0 Å². The monoisotopic (exact) mass is 189 g/mol.